The van der Waals surface area contributed by atoms with E-state index in [1.54, 1.807) is 0 Å². The first-order valence-electron chi connectivity index (χ1n) is 1.39. The van der Waals surface area contributed by atoms with E-state index in [4.69, 9.17) is 19.2 Å². The van der Waals surface area contributed by atoms with Gasteiger partial charge in [0, 0.05) is 17.1 Å². The molecule has 0 atom stereocenters. The van der Waals surface area contributed by atoms with Gasteiger partial charge >= 0.3 is 0 Å². The van der Waals surface area contributed by atoms with E-state index in [1.165, 1.54) is 0 Å². The molecule has 0 saturated heterocycles. The molecule has 0 amide bonds. The molecule has 0 aromatic carbocycles. The Labute approximate surface area is 81.8 Å². The minimum atomic E-state index is 0. The molecule has 0 rings (SSSR count). The van der Waals surface area contributed by atoms with Gasteiger partial charge in [0.2, 0.25) is 0 Å². The Hall–Kier alpha value is -0.711. The van der Waals surface area contributed by atoms with E-state index in [2.05, 4.69) is 18.1 Å². The maximum absolute atomic E-state index is 8.00. The van der Waals surface area contributed by atoms with Crippen LogP contribution in [-0.2, 0) is 36.2 Å². The topological polar surface area (TPSA) is 68.3 Å². The molecule has 0 aliphatic rings. The van der Waals surface area contributed by atoms with Gasteiger partial charge in [-0.25, -0.2) is 0 Å². The average molecular weight is 221 g/mol. The molecule has 0 saturated carbocycles. The minimum Gasteiger partial charge on any atom is -0.442 e. The number of hydrogen-bond donors (Lipinski definition) is 0. The summed E-state index contributed by atoms with van der Waals surface area (Å²) in [4.78, 5) is 32.0. The summed E-state index contributed by atoms with van der Waals surface area (Å²) in [6, 6.07) is 0. The van der Waals surface area contributed by atoms with Gasteiger partial charge in [0.25, 0.3) is 0 Å². The van der Waals surface area contributed by atoms with Crippen LogP contribution in [0.15, 0.2) is 0 Å². The molecule has 0 heterocycles. The summed E-state index contributed by atoms with van der Waals surface area (Å²) in [6.07, 6.45) is 0. The fraction of sp³-hybridized carbons (Fsp3) is 0. The number of thiocarbonyl (C=S) groups is 1. The van der Waals surface area contributed by atoms with Gasteiger partial charge in [-0.05, 0) is 0 Å². The van der Waals surface area contributed by atoms with Gasteiger partial charge in [0.1, 0.15) is 27.2 Å². The van der Waals surface area contributed by atoms with Gasteiger partial charge in [-0.15, -0.1) is 0 Å². The SMILES string of the molecule is C=O.C=O.C=O.C=O.[CH-]=S.[Fe]. The molecule has 0 aliphatic carbocycles. The van der Waals surface area contributed by atoms with Crippen LogP contribution in [-0.4, -0.2) is 33.0 Å². The molecule has 4 nitrogen and oxygen atoms in total. The third-order valence-corrected chi connectivity index (χ3v) is 0. The van der Waals surface area contributed by atoms with E-state index in [0.29, 0.717) is 0 Å². The van der Waals surface area contributed by atoms with Crippen molar-refractivity contribution in [1.82, 2.24) is 0 Å². The summed E-state index contributed by atoms with van der Waals surface area (Å²) in [7, 11) is 0. The smallest absolute Gasteiger partial charge is 0.106 e. The van der Waals surface area contributed by atoms with E-state index in [0.717, 1.165) is 0 Å². The van der Waals surface area contributed by atoms with Crippen LogP contribution in [0.2, 0.25) is 0 Å². The molecule has 0 aliphatic heterocycles. The quantitative estimate of drug-likeness (QED) is 0.320. The first-order valence-corrected chi connectivity index (χ1v) is 1.86. The van der Waals surface area contributed by atoms with Gasteiger partial charge in [0.15, 0.2) is 0 Å². The van der Waals surface area contributed by atoms with Crippen LogP contribution in [0.1, 0.15) is 0 Å². The van der Waals surface area contributed by atoms with Crippen LogP contribution in [0, 0.1) is 0 Å². The molecule has 11 heavy (non-hydrogen) atoms. The number of carbonyl (C=O) groups is 4. The zero-order valence-electron chi connectivity index (χ0n) is 5.80. The molecule has 0 fully saturated rings. The summed E-state index contributed by atoms with van der Waals surface area (Å²) in [5, 5.41) is 0. The van der Waals surface area contributed by atoms with Crippen molar-refractivity contribution >= 4 is 45.2 Å². The average Bonchev–Trinajstić information content (AvgIpc) is 2.20. The van der Waals surface area contributed by atoms with Crippen LogP contribution < -0.4 is 0 Å². The molecule has 0 bridgehead atoms. The van der Waals surface area contributed by atoms with Crippen molar-refractivity contribution in [3.8, 4) is 0 Å². The van der Waals surface area contributed by atoms with Crippen molar-refractivity contribution in [2.24, 2.45) is 0 Å². The molecule has 0 unspecified atom stereocenters. The van der Waals surface area contributed by atoms with Gasteiger partial charge in [-0.3, -0.25) is 0 Å². The van der Waals surface area contributed by atoms with Gasteiger partial charge in [-0.1, -0.05) is 0 Å². The van der Waals surface area contributed by atoms with Crippen LogP contribution in [0.25, 0.3) is 0 Å². The zero-order valence-corrected chi connectivity index (χ0v) is 7.72. The Morgan fingerprint density at radius 2 is 0.636 bits per heavy atom. The Morgan fingerprint density at radius 1 is 0.636 bits per heavy atom. The fourth-order valence-corrected chi connectivity index (χ4v) is 0. The minimum absolute atomic E-state index is 0. The van der Waals surface area contributed by atoms with Crippen LogP contribution in [0.5, 0.6) is 0 Å². The normalized spacial score (nSPS) is 1.82. The van der Waals surface area contributed by atoms with E-state index >= 15 is 0 Å². The maximum atomic E-state index is 8.00. The summed E-state index contributed by atoms with van der Waals surface area (Å²) >= 11 is 3.58. The van der Waals surface area contributed by atoms with Crippen molar-refractivity contribution in [3.63, 3.8) is 0 Å². The predicted octanol–water partition coefficient (Wildman–Crippen LogP) is -0.249. The number of rotatable bonds is 0. The molecule has 6 heteroatoms. The summed E-state index contributed by atoms with van der Waals surface area (Å²) in [5.41, 5.74) is 0. The molecule has 0 aromatic heterocycles. The summed E-state index contributed by atoms with van der Waals surface area (Å²) in [5.74, 6) is 4.08. The molecule has 68 valence electrons. The summed E-state index contributed by atoms with van der Waals surface area (Å²) < 4.78 is 0. The van der Waals surface area contributed by atoms with E-state index in [9.17, 15) is 0 Å². The predicted molar refractivity (Wildman–Crippen MR) is 42.1 cm³/mol. The van der Waals surface area contributed by atoms with Crippen molar-refractivity contribution in [2.75, 3.05) is 0 Å². The van der Waals surface area contributed by atoms with Gasteiger partial charge in [-0.2, -0.15) is 0 Å². The molecule has 0 spiro atoms. The van der Waals surface area contributed by atoms with Crippen LogP contribution in [0.4, 0.5) is 0 Å². The first kappa shape index (κ1) is 48.3. The molecule has 0 radical (unpaired) electrons. The van der Waals surface area contributed by atoms with Crippen LogP contribution >= 0.6 is 12.2 Å². The second-order valence-electron chi connectivity index (χ2n) is 0. The van der Waals surface area contributed by atoms with Crippen molar-refractivity contribution in [1.29, 1.82) is 0 Å². The third kappa shape index (κ3) is 978. The Kier molecular flexibility index (Phi) is 5550. The monoisotopic (exact) mass is 221 g/mol. The number of hydrogen-bond acceptors (Lipinski definition) is 5. The number of carbonyl (C=O) groups excluding carboxylic acids is 4. The summed E-state index contributed by atoms with van der Waals surface area (Å²) in [6.45, 7) is 8.00. The zero-order chi connectivity index (χ0) is 10.0. The fourth-order valence-electron chi connectivity index (χ4n) is 0. The largest absolute Gasteiger partial charge is 0.442 e. The maximum Gasteiger partial charge on any atom is 0.106 e. The molecular weight excluding hydrogens is 212 g/mol. The van der Waals surface area contributed by atoms with Crippen LogP contribution in [0.3, 0.4) is 0 Å². The molecule has 0 N–H and O–H groups in total. The van der Waals surface area contributed by atoms with Gasteiger partial charge in [0.05, 0.1) is 0 Å². The molecule has 0 aromatic rings. The first-order chi connectivity index (χ1) is 5.00. The van der Waals surface area contributed by atoms with Crippen molar-refractivity contribution < 1.29 is 36.2 Å². The Balaban J connectivity index is -0.00000000694. The van der Waals surface area contributed by atoms with Gasteiger partial charge < -0.3 is 37.3 Å². The Bertz CT molecular complexity index is 30.1. The standard InChI is InChI=1S/4CH2O.CHS.Fe/c5*1-2;/h4*1H2;1H;/q;;;;-1;. The van der Waals surface area contributed by atoms with Crippen molar-refractivity contribution in [2.45, 2.75) is 0 Å². The van der Waals surface area contributed by atoms with Crippen molar-refractivity contribution in [3.05, 3.63) is 0 Å². The second kappa shape index (κ2) is 1260. The Morgan fingerprint density at radius 3 is 0.636 bits per heavy atom. The second-order valence-corrected chi connectivity index (χ2v) is 0. The van der Waals surface area contributed by atoms with E-state index in [-0.39, 0.29) is 17.1 Å². The van der Waals surface area contributed by atoms with E-state index < -0.39 is 0 Å². The molecular formula is C5H9FeO4S-. The third-order valence-electron chi connectivity index (χ3n) is 0. The van der Waals surface area contributed by atoms with E-state index in [1.807, 2.05) is 27.2 Å².